The molecule has 1 atom stereocenters. The molecule has 1 aromatic rings. The molecule has 1 aliphatic rings. The lowest BCUT2D eigenvalue weighted by Crippen LogP contribution is -2.24. The molecule has 0 amide bonds. The molecule has 0 bridgehead atoms. The van der Waals surface area contributed by atoms with Crippen LogP contribution in [0.3, 0.4) is 0 Å². The van der Waals surface area contributed by atoms with Gasteiger partial charge in [0.05, 0.1) is 5.57 Å². The minimum absolute atomic E-state index is 0.0274. The van der Waals surface area contributed by atoms with Crippen molar-refractivity contribution in [2.75, 3.05) is 0 Å². The fraction of sp³-hybridized carbons (Fsp3) is 0.500. The van der Waals surface area contributed by atoms with Crippen LogP contribution in [0.2, 0.25) is 0 Å². The van der Waals surface area contributed by atoms with E-state index in [0.29, 0.717) is 12.8 Å². The van der Waals surface area contributed by atoms with Crippen LogP contribution in [0.25, 0.3) is 0 Å². The smallest absolute Gasteiger partial charge is 0.170 e. The number of carbonyl (C=O) groups excluding carboxylic acids is 2. The Morgan fingerprint density at radius 2 is 1.43 bits per heavy atom. The standard InChI is InChI=1S/C20H26O3/c1-7-16(21)20-17(22)8-15(9-18(20)23)19-13(5)11(3)10(2)12(4)14(19)6/h15,22H,7-9H2,1-6H3. The maximum absolute atomic E-state index is 12.4. The van der Waals surface area contributed by atoms with Gasteiger partial charge < -0.3 is 5.11 Å². The minimum Gasteiger partial charge on any atom is -0.511 e. The zero-order valence-corrected chi connectivity index (χ0v) is 15.0. The van der Waals surface area contributed by atoms with E-state index in [1.807, 2.05) is 0 Å². The molecule has 1 aromatic carbocycles. The predicted octanol–water partition coefficient (Wildman–Crippen LogP) is 4.47. The van der Waals surface area contributed by atoms with Crippen LogP contribution < -0.4 is 0 Å². The number of benzene rings is 1. The van der Waals surface area contributed by atoms with Crippen molar-refractivity contribution in [1.29, 1.82) is 0 Å². The average Bonchev–Trinajstić information content (AvgIpc) is 2.50. The lowest BCUT2D eigenvalue weighted by molar-refractivity contribution is -0.122. The summed E-state index contributed by atoms with van der Waals surface area (Å²) < 4.78 is 0. The molecular weight excluding hydrogens is 288 g/mol. The number of Topliss-reactive ketones (excluding diaryl/α,β-unsaturated/α-hetero) is 2. The number of hydrogen-bond acceptors (Lipinski definition) is 3. The van der Waals surface area contributed by atoms with Gasteiger partial charge in [-0.2, -0.15) is 0 Å². The first kappa shape index (κ1) is 17.5. The molecule has 0 spiro atoms. The number of hydrogen-bond donors (Lipinski definition) is 1. The van der Waals surface area contributed by atoms with E-state index in [0.717, 1.165) is 5.56 Å². The molecule has 124 valence electrons. The molecule has 1 unspecified atom stereocenters. The zero-order valence-electron chi connectivity index (χ0n) is 15.0. The summed E-state index contributed by atoms with van der Waals surface area (Å²) in [6.45, 7) is 12.2. The maximum atomic E-state index is 12.4. The van der Waals surface area contributed by atoms with Crippen LogP contribution >= 0.6 is 0 Å². The van der Waals surface area contributed by atoms with Crippen molar-refractivity contribution in [3.63, 3.8) is 0 Å². The van der Waals surface area contributed by atoms with Crippen LogP contribution in [-0.2, 0) is 9.59 Å². The van der Waals surface area contributed by atoms with E-state index in [1.54, 1.807) is 6.92 Å². The van der Waals surface area contributed by atoms with E-state index in [4.69, 9.17) is 0 Å². The molecule has 1 aliphatic carbocycles. The molecule has 2 rings (SSSR count). The summed E-state index contributed by atoms with van der Waals surface area (Å²) in [6.07, 6.45) is 0.918. The summed E-state index contributed by atoms with van der Waals surface area (Å²) in [7, 11) is 0. The highest BCUT2D eigenvalue weighted by Crippen LogP contribution is 2.39. The first-order chi connectivity index (χ1) is 10.7. The second kappa shape index (κ2) is 6.31. The van der Waals surface area contributed by atoms with E-state index in [1.165, 1.54) is 27.8 Å². The number of aliphatic hydroxyl groups excluding tert-OH is 1. The van der Waals surface area contributed by atoms with Crippen molar-refractivity contribution in [3.8, 4) is 0 Å². The normalized spacial score (nSPS) is 18.5. The fourth-order valence-electron chi connectivity index (χ4n) is 3.73. The van der Waals surface area contributed by atoms with Gasteiger partial charge in [-0.15, -0.1) is 0 Å². The summed E-state index contributed by atoms with van der Waals surface area (Å²) >= 11 is 0. The van der Waals surface area contributed by atoms with Gasteiger partial charge in [0.1, 0.15) is 5.76 Å². The van der Waals surface area contributed by atoms with Crippen molar-refractivity contribution in [3.05, 3.63) is 44.7 Å². The molecule has 3 heteroatoms. The summed E-state index contributed by atoms with van der Waals surface area (Å²) in [5, 5.41) is 10.3. The van der Waals surface area contributed by atoms with Crippen LogP contribution in [0, 0.1) is 34.6 Å². The Labute approximate surface area is 138 Å². The molecule has 0 heterocycles. The number of carbonyl (C=O) groups is 2. The minimum atomic E-state index is -0.254. The van der Waals surface area contributed by atoms with Crippen LogP contribution in [0.15, 0.2) is 11.3 Å². The van der Waals surface area contributed by atoms with Gasteiger partial charge in [0, 0.05) is 19.3 Å². The Kier molecular flexibility index (Phi) is 4.79. The Balaban J connectivity index is 2.54. The average molecular weight is 314 g/mol. The van der Waals surface area contributed by atoms with Gasteiger partial charge in [-0.3, -0.25) is 9.59 Å². The first-order valence-corrected chi connectivity index (χ1v) is 8.25. The van der Waals surface area contributed by atoms with Gasteiger partial charge >= 0.3 is 0 Å². The molecule has 0 fully saturated rings. The van der Waals surface area contributed by atoms with Crippen LogP contribution in [0.1, 0.15) is 65.5 Å². The predicted molar refractivity (Wildman–Crippen MR) is 92.1 cm³/mol. The largest absolute Gasteiger partial charge is 0.511 e. The lowest BCUT2D eigenvalue weighted by Gasteiger charge is -2.28. The SMILES string of the molecule is CCC(=O)C1=C(O)CC(c2c(C)c(C)c(C)c(C)c2C)CC1=O. The van der Waals surface area contributed by atoms with Crippen molar-refractivity contribution < 1.29 is 14.7 Å². The molecule has 0 radical (unpaired) electrons. The third kappa shape index (κ3) is 2.85. The maximum Gasteiger partial charge on any atom is 0.170 e. The highest BCUT2D eigenvalue weighted by molar-refractivity contribution is 6.21. The quantitative estimate of drug-likeness (QED) is 0.838. The molecule has 0 saturated heterocycles. The number of ketones is 2. The van der Waals surface area contributed by atoms with E-state index < -0.39 is 0 Å². The summed E-state index contributed by atoms with van der Waals surface area (Å²) in [5.41, 5.74) is 7.35. The fourth-order valence-corrected chi connectivity index (χ4v) is 3.73. The van der Waals surface area contributed by atoms with E-state index >= 15 is 0 Å². The highest BCUT2D eigenvalue weighted by atomic mass is 16.3. The van der Waals surface area contributed by atoms with Crippen LogP contribution in [-0.4, -0.2) is 16.7 Å². The Morgan fingerprint density at radius 3 is 1.87 bits per heavy atom. The second-order valence-corrected chi connectivity index (χ2v) is 6.67. The molecule has 1 N–H and O–H groups in total. The summed E-state index contributed by atoms with van der Waals surface area (Å²) in [4.78, 5) is 24.3. The molecule has 0 saturated carbocycles. The Bertz CT molecular complexity index is 694. The molecule has 3 nitrogen and oxygen atoms in total. The highest BCUT2D eigenvalue weighted by Gasteiger charge is 2.33. The van der Waals surface area contributed by atoms with Crippen molar-refractivity contribution in [1.82, 2.24) is 0 Å². The number of rotatable bonds is 3. The van der Waals surface area contributed by atoms with Gasteiger partial charge in [-0.25, -0.2) is 0 Å². The van der Waals surface area contributed by atoms with Gasteiger partial charge in [-0.05, 0) is 73.9 Å². The van der Waals surface area contributed by atoms with Gasteiger partial charge in [-0.1, -0.05) is 6.92 Å². The molecule has 0 aliphatic heterocycles. The second-order valence-electron chi connectivity index (χ2n) is 6.67. The van der Waals surface area contributed by atoms with Gasteiger partial charge in [0.25, 0.3) is 0 Å². The summed E-state index contributed by atoms with van der Waals surface area (Å²) in [6, 6.07) is 0. The zero-order chi connectivity index (χ0) is 17.5. The molecule has 23 heavy (non-hydrogen) atoms. The molecular formula is C20H26O3. The van der Waals surface area contributed by atoms with Crippen molar-refractivity contribution >= 4 is 11.6 Å². The number of allylic oxidation sites excluding steroid dienone is 2. The third-order valence-corrected chi connectivity index (χ3v) is 5.51. The molecule has 0 aromatic heterocycles. The topological polar surface area (TPSA) is 54.4 Å². The summed E-state index contributed by atoms with van der Waals surface area (Å²) in [5.74, 6) is -0.558. The van der Waals surface area contributed by atoms with Crippen LogP contribution in [0.5, 0.6) is 0 Å². The van der Waals surface area contributed by atoms with E-state index in [-0.39, 0.29) is 35.2 Å². The first-order valence-electron chi connectivity index (χ1n) is 8.25. The monoisotopic (exact) mass is 314 g/mol. The third-order valence-electron chi connectivity index (χ3n) is 5.51. The Morgan fingerprint density at radius 1 is 0.957 bits per heavy atom. The van der Waals surface area contributed by atoms with Gasteiger partial charge in [0.15, 0.2) is 11.6 Å². The van der Waals surface area contributed by atoms with Gasteiger partial charge in [0.2, 0.25) is 0 Å². The van der Waals surface area contributed by atoms with E-state index in [9.17, 15) is 14.7 Å². The van der Waals surface area contributed by atoms with Crippen molar-refractivity contribution in [2.24, 2.45) is 0 Å². The Hall–Kier alpha value is -1.90. The lowest BCUT2D eigenvalue weighted by atomic mass is 9.76. The van der Waals surface area contributed by atoms with Crippen molar-refractivity contribution in [2.45, 2.75) is 66.7 Å². The van der Waals surface area contributed by atoms with Crippen LogP contribution in [0.4, 0.5) is 0 Å². The van der Waals surface area contributed by atoms with E-state index in [2.05, 4.69) is 34.6 Å². The number of aliphatic hydroxyl groups is 1.